The molecule has 1 aliphatic rings. The molecule has 0 aliphatic carbocycles. The fraction of sp³-hybridized carbons (Fsp3) is 0.500. The Hall–Kier alpha value is -0.900. The molecule has 2 rings (SSSR count). The molecule has 0 saturated carbocycles. The molecule has 15 heavy (non-hydrogen) atoms. The van der Waals surface area contributed by atoms with Gasteiger partial charge in [-0.15, -0.1) is 0 Å². The lowest BCUT2D eigenvalue weighted by Crippen LogP contribution is -2.60. The van der Waals surface area contributed by atoms with Crippen LogP contribution in [0.1, 0.15) is 5.56 Å². The smallest absolute Gasteiger partial charge is 0.119 e. The first-order valence-corrected chi connectivity index (χ1v) is 5.55. The maximum absolute atomic E-state index is 5.59. The zero-order valence-corrected chi connectivity index (χ0v) is 9.06. The van der Waals surface area contributed by atoms with E-state index in [9.17, 15) is 0 Å². The molecule has 1 aromatic carbocycles. The summed E-state index contributed by atoms with van der Waals surface area (Å²) in [6.07, 6.45) is 0.322. The Kier molecular flexibility index (Phi) is 3.72. The van der Waals surface area contributed by atoms with E-state index in [0.717, 1.165) is 32.8 Å². The van der Waals surface area contributed by atoms with Gasteiger partial charge in [0, 0.05) is 19.6 Å². The highest BCUT2D eigenvalue weighted by Gasteiger charge is 2.20. The van der Waals surface area contributed by atoms with Crippen molar-refractivity contribution in [2.24, 2.45) is 0 Å². The average Bonchev–Trinajstić information content (AvgIpc) is 2.31. The van der Waals surface area contributed by atoms with Gasteiger partial charge in [0.2, 0.25) is 0 Å². The summed E-state index contributed by atoms with van der Waals surface area (Å²) in [6.45, 7) is 4.78. The molecule has 1 aliphatic heterocycles. The van der Waals surface area contributed by atoms with Gasteiger partial charge >= 0.3 is 0 Å². The molecular weight excluding hydrogens is 188 g/mol. The first kappa shape index (κ1) is 10.6. The van der Waals surface area contributed by atoms with Crippen LogP contribution in [0.5, 0.6) is 0 Å². The van der Waals surface area contributed by atoms with Crippen LogP contribution >= 0.6 is 0 Å². The second-order valence-corrected chi connectivity index (χ2v) is 4.00. The lowest BCUT2D eigenvalue weighted by molar-refractivity contribution is -0.389. The topological polar surface area (TPSA) is 40.1 Å². The molecule has 1 aromatic rings. The lowest BCUT2D eigenvalue weighted by atomic mass is 10.2. The number of hydrogen-bond acceptors (Lipinski definition) is 2. The van der Waals surface area contributed by atoms with Crippen molar-refractivity contribution in [3.63, 3.8) is 0 Å². The van der Waals surface area contributed by atoms with Gasteiger partial charge in [0.15, 0.2) is 0 Å². The Balaban J connectivity index is 1.89. The van der Waals surface area contributed by atoms with Gasteiger partial charge in [-0.25, -0.2) is 0 Å². The van der Waals surface area contributed by atoms with Crippen LogP contribution in [0.25, 0.3) is 0 Å². The highest BCUT2D eigenvalue weighted by atomic mass is 16.5. The van der Waals surface area contributed by atoms with E-state index in [0.29, 0.717) is 6.10 Å². The summed E-state index contributed by atoms with van der Waals surface area (Å²) in [4.78, 5) is 2.44. The van der Waals surface area contributed by atoms with Gasteiger partial charge in [-0.1, -0.05) is 30.3 Å². The molecule has 0 unspecified atom stereocenters. The predicted molar refractivity (Wildman–Crippen MR) is 59.2 cm³/mol. The van der Waals surface area contributed by atoms with E-state index >= 15 is 0 Å². The van der Waals surface area contributed by atoms with Crippen LogP contribution in [0.3, 0.4) is 0 Å². The van der Waals surface area contributed by atoms with Crippen molar-refractivity contribution in [2.45, 2.75) is 12.6 Å². The van der Waals surface area contributed by atoms with Crippen LogP contribution in [-0.4, -0.2) is 37.2 Å². The Morgan fingerprint density at radius 2 is 2.13 bits per heavy atom. The average molecular weight is 207 g/mol. The number of nitrogens with zero attached hydrogens (tertiary/aromatic N) is 1. The van der Waals surface area contributed by atoms with E-state index < -0.39 is 0 Å². The summed E-state index contributed by atoms with van der Waals surface area (Å²) in [5.41, 5.74) is 5.28. The second kappa shape index (κ2) is 5.26. The quantitative estimate of drug-likeness (QED) is 0.765. The van der Waals surface area contributed by atoms with Crippen molar-refractivity contribution >= 4 is 0 Å². The van der Waals surface area contributed by atoms with Crippen LogP contribution in [0, 0.1) is 0 Å². The summed E-state index contributed by atoms with van der Waals surface area (Å²) in [5, 5.41) is 0. The van der Waals surface area contributed by atoms with Gasteiger partial charge in [-0.3, -0.25) is 4.90 Å². The maximum Gasteiger partial charge on any atom is 0.119 e. The zero-order valence-electron chi connectivity index (χ0n) is 9.06. The molecule has 0 spiro atoms. The van der Waals surface area contributed by atoms with E-state index in [-0.39, 0.29) is 0 Å². The fourth-order valence-corrected chi connectivity index (χ4v) is 1.94. The third kappa shape index (κ3) is 3.02. The summed E-state index contributed by atoms with van der Waals surface area (Å²) < 4.78 is 5.59. The van der Waals surface area contributed by atoms with Crippen molar-refractivity contribution in [2.75, 3.05) is 26.2 Å². The van der Waals surface area contributed by atoms with Crippen molar-refractivity contribution in [1.82, 2.24) is 4.90 Å². The summed E-state index contributed by atoms with van der Waals surface area (Å²) in [5.74, 6) is 0. The number of quaternary nitrogens is 1. The molecule has 1 heterocycles. The number of hydrogen-bond donors (Lipinski definition) is 1. The third-order valence-electron chi connectivity index (χ3n) is 2.79. The SMILES string of the molecule is [NH3+]C[C@@H]1CN(Cc2ccccc2)CCO1. The molecule has 3 heteroatoms. The Labute approximate surface area is 90.8 Å². The minimum absolute atomic E-state index is 0.322. The molecule has 3 nitrogen and oxygen atoms in total. The van der Waals surface area contributed by atoms with Crippen LogP contribution < -0.4 is 5.73 Å². The Morgan fingerprint density at radius 1 is 1.33 bits per heavy atom. The van der Waals surface area contributed by atoms with E-state index in [1.54, 1.807) is 0 Å². The van der Waals surface area contributed by atoms with E-state index in [4.69, 9.17) is 4.74 Å². The number of rotatable bonds is 3. The van der Waals surface area contributed by atoms with Crippen molar-refractivity contribution in [3.8, 4) is 0 Å². The molecule has 1 atom stereocenters. The molecule has 1 saturated heterocycles. The molecule has 0 amide bonds. The van der Waals surface area contributed by atoms with Gasteiger partial charge in [-0.2, -0.15) is 0 Å². The van der Waals surface area contributed by atoms with Crippen molar-refractivity contribution in [3.05, 3.63) is 35.9 Å². The largest absolute Gasteiger partial charge is 0.370 e. The van der Waals surface area contributed by atoms with Crippen LogP contribution in [0.4, 0.5) is 0 Å². The number of morpholine rings is 1. The van der Waals surface area contributed by atoms with Crippen molar-refractivity contribution in [1.29, 1.82) is 0 Å². The minimum atomic E-state index is 0.322. The number of benzene rings is 1. The summed E-state index contributed by atoms with van der Waals surface area (Å²) >= 11 is 0. The second-order valence-electron chi connectivity index (χ2n) is 4.00. The van der Waals surface area contributed by atoms with E-state index in [1.165, 1.54) is 5.56 Å². The standard InChI is InChI=1S/C12H18N2O/c13-8-12-10-14(6-7-15-12)9-11-4-2-1-3-5-11/h1-5,12H,6-10,13H2/p+1/t12-/m1/s1. The fourth-order valence-electron chi connectivity index (χ4n) is 1.94. The minimum Gasteiger partial charge on any atom is -0.370 e. The molecule has 0 radical (unpaired) electrons. The monoisotopic (exact) mass is 207 g/mol. The molecule has 1 fully saturated rings. The first-order valence-electron chi connectivity index (χ1n) is 5.55. The normalized spacial score (nSPS) is 22.9. The van der Waals surface area contributed by atoms with Crippen molar-refractivity contribution < 1.29 is 10.5 Å². The highest BCUT2D eigenvalue weighted by molar-refractivity contribution is 5.14. The molecule has 0 aromatic heterocycles. The number of ether oxygens (including phenoxy) is 1. The Bertz CT molecular complexity index is 289. The maximum atomic E-state index is 5.59. The van der Waals surface area contributed by atoms with Gasteiger partial charge in [0.25, 0.3) is 0 Å². The molecule has 82 valence electrons. The van der Waals surface area contributed by atoms with Gasteiger partial charge in [0.1, 0.15) is 12.6 Å². The molecular formula is C12H19N2O+. The van der Waals surface area contributed by atoms with Crippen LogP contribution in [0.15, 0.2) is 30.3 Å². The molecule has 0 bridgehead atoms. The third-order valence-corrected chi connectivity index (χ3v) is 2.79. The van der Waals surface area contributed by atoms with E-state index in [1.807, 2.05) is 0 Å². The van der Waals surface area contributed by atoms with Gasteiger partial charge < -0.3 is 10.5 Å². The van der Waals surface area contributed by atoms with Gasteiger partial charge in [-0.05, 0) is 5.56 Å². The Morgan fingerprint density at radius 3 is 2.87 bits per heavy atom. The van der Waals surface area contributed by atoms with Gasteiger partial charge in [0.05, 0.1) is 6.61 Å². The first-order chi connectivity index (χ1) is 7.38. The summed E-state index contributed by atoms with van der Waals surface area (Å²) in [6, 6.07) is 10.6. The predicted octanol–water partition coefficient (Wildman–Crippen LogP) is 0.129. The van der Waals surface area contributed by atoms with Crippen LogP contribution in [0.2, 0.25) is 0 Å². The summed E-state index contributed by atoms with van der Waals surface area (Å²) in [7, 11) is 0. The van der Waals surface area contributed by atoms with Crippen LogP contribution in [-0.2, 0) is 11.3 Å². The highest BCUT2D eigenvalue weighted by Crippen LogP contribution is 2.09. The van der Waals surface area contributed by atoms with E-state index in [2.05, 4.69) is 41.0 Å². The zero-order chi connectivity index (χ0) is 10.5. The molecule has 3 N–H and O–H groups in total. The lowest BCUT2D eigenvalue weighted by Gasteiger charge is -2.31.